The van der Waals surface area contributed by atoms with Gasteiger partial charge in [-0.15, -0.1) is 0 Å². The number of aromatic nitrogens is 3. The number of ether oxygens (including phenoxy) is 2. The number of halogens is 1. The molecule has 10 nitrogen and oxygen atoms in total. The van der Waals surface area contributed by atoms with Crippen molar-refractivity contribution >= 4 is 11.3 Å². The largest absolute Gasteiger partial charge is 0.391 e. The predicted octanol–water partition coefficient (Wildman–Crippen LogP) is 1.07. The molecule has 11 heteroatoms. The Morgan fingerprint density at radius 2 is 2.07 bits per heavy atom. The normalized spacial score (nSPS) is 19.6. The van der Waals surface area contributed by atoms with Crippen LogP contribution in [0.25, 0.3) is 16.9 Å². The summed E-state index contributed by atoms with van der Waals surface area (Å²) in [6.07, 6.45) is 0.563. The number of fused-ring (bicyclic) bond motifs is 1. The summed E-state index contributed by atoms with van der Waals surface area (Å²) < 4.78 is 27.0. The van der Waals surface area contributed by atoms with E-state index < -0.39 is 28.9 Å². The summed E-state index contributed by atoms with van der Waals surface area (Å²) in [5.41, 5.74) is -0.0831. The van der Waals surface area contributed by atoms with E-state index in [4.69, 9.17) is 14.6 Å². The highest BCUT2D eigenvalue weighted by Crippen LogP contribution is 2.24. The van der Waals surface area contributed by atoms with Crippen molar-refractivity contribution < 1.29 is 23.9 Å². The van der Waals surface area contributed by atoms with Crippen molar-refractivity contribution in [3.8, 4) is 11.3 Å². The van der Waals surface area contributed by atoms with Gasteiger partial charge in [-0.3, -0.25) is 14.7 Å². The first-order valence-electron chi connectivity index (χ1n) is 7.90. The minimum Gasteiger partial charge on any atom is -0.391 e. The Bertz CT molecular complexity index is 1080. The zero-order valence-electron chi connectivity index (χ0n) is 13.7. The maximum Gasteiger partial charge on any atom is 0.336 e. The minimum absolute atomic E-state index is 0.0139. The Hall–Kier alpha value is -3.15. The maximum atomic E-state index is 14.5. The van der Waals surface area contributed by atoms with Gasteiger partial charge in [0, 0.05) is 23.9 Å². The molecule has 0 spiro atoms. The van der Waals surface area contributed by atoms with Crippen LogP contribution < -0.4 is 5.69 Å². The number of hydrogen-bond donors (Lipinski definition) is 1. The van der Waals surface area contributed by atoms with Gasteiger partial charge in [0.1, 0.15) is 0 Å². The van der Waals surface area contributed by atoms with E-state index in [2.05, 4.69) is 4.98 Å². The van der Waals surface area contributed by atoms with Gasteiger partial charge in [0.2, 0.25) is 0 Å². The molecule has 2 atom stereocenters. The highest BCUT2D eigenvalue weighted by atomic mass is 19.1. The molecule has 27 heavy (non-hydrogen) atoms. The first kappa shape index (κ1) is 17.3. The number of benzene rings is 1. The third kappa shape index (κ3) is 2.97. The lowest BCUT2D eigenvalue weighted by Gasteiger charge is -2.13. The summed E-state index contributed by atoms with van der Waals surface area (Å²) in [4.78, 5) is 27.0. The van der Waals surface area contributed by atoms with Crippen molar-refractivity contribution in [1.29, 1.82) is 0 Å². The van der Waals surface area contributed by atoms with Crippen LogP contribution in [0.4, 0.5) is 10.1 Å². The van der Waals surface area contributed by atoms with E-state index in [9.17, 15) is 19.3 Å². The molecule has 1 fully saturated rings. The molecule has 0 aliphatic carbocycles. The number of non-ortho nitro benzene ring substituents is 1. The van der Waals surface area contributed by atoms with Crippen LogP contribution in [0.2, 0.25) is 0 Å². The second-order valence-electron chi connectivity index (χ2n) is 5.83. The van der Waals surface area contributed by atoms with Crippen molar-refractivity contribution in [2.75, 3.05) is 13.2 Å². The van der Waals surface area contributed by atoms with Crippen LogP contribution in [0, 0.1) is 15.9 Å². The molecule has 2 aromatic heterocycles. The zero-order chi connectivity index (χ0) is 19.1. The molecular formula is C16H13FN4O6. The number of hydrogen-bond acceptors (Lipinski definition) is 7. The molecule has 3 aromatic rings. The van der Waals surface area contributed by atoms with Crippen LogP contribution in [0.15, 0.2) is 41.5 Å². The summed E-state index contributed by atoms with van der Waals surface area (Å²) in [5.74, 6) is -0.751. The van der Waals surface area contributed by atoms with E-state index in [1.165, 1.54) is 30.5 Å². The van der Waals surface area contributed by atoms with Crippen LogP contribution in [0.1, 0.15) is 6.23 Å². The zero-order valence-corrected chi connectivity index (χ0v) is 13.7. The smallest absolute Gasteiger partial charge is 0.336 e. The lowest BCUT2D eigenvalue weighted by Crippen LogP contribution is -2.31. The molecule has 4 rings (SSSR count). The molecular weight excluding hydrogens is 363 g/mol. The van der Waals surface area contributed by atoms with Crippen LogP contribution in [0.3, 0.4) is 0 Å². The average molecular weight is 376 g/mol. The first-order valence-corrected chi connectivity index (χ1v) is 7.90. The third-order valence-electron chi connectivity index (χ3n) is 4.17. The fraction of sp³-hybridized carbons (Fsp3) is 0.250. The van der Waals surface area contributed by atoms with Gasteiger partial charge in [-0.1, -0.05) is 0 Å². The predicted molar refractivity (Wildman–Crippen MR) is 88.4 cm³/mol. The second kappa shape index (κ2) is 6.54. The second-order valence-corrected chi connectivity index (χ2v) is 5.83. The number of nitrogens with zero attached hydrogens (tertiary/aromatic N) is 4. The molecule has 0 bridgehead atoms. The van der Waals surface area contributed by atoms with Gasteiger partial charge in [0.25, 0.3) is 5.69 Å². The van der Waals surface area contributed by atoms with Crippen LogP contribution >= 0.6 is 0 Å². The maximum absolute atomic E-state index is 14.5. The van der Waals surface area contributed by atoms with Crippen LogP contribution in [-0.2, 0) is 9.47 Å². The van der Waals surface area contributed by atoms with Crippen molar-refractivity contribution in [1.82, 2.24) is 14.0 Å². The fourth-order valence-electron chi connectivity index (χ4n) is 2.84. The van der Waals surface area contributed by atoms with Gasteiger partial charge in [-0.25, -0.2) is 18.6 Å². The average Bonchev–Trinajstić information content (AvgIpc) is 3.32. The summed E-state index contributed by atoms with van der Waals surface area (Å²) in [6, 6.07) is 5.53. The van der Waals surface area contributed by atoms with Gasteiger partial charge >= 0.3 is 5.69 Å². The number of rotatable bonds is 4. The summed E-state index contributed by atoms with van der Waals surface area (Å²) >= 11 is 0. The Balaban J connectivity index is 1.76. The molecule has 0 amide bonds. The van der Waals surface area contributed by atoms with Crippen LogP contribution in [0.5, 0.6) is 0 Å². The highest BCUT2D eigenvalue weighted by molar-refractivity contribution is 5.64. The van der Waals surface area contributed by atoms with E-state index in [1.807, 2.05) is 0 Å². The third-order valence-corrected chi connectivity index (χ3v) is 4.17. The number of nitro benzene ring substituents is 1. The molecule has 0 radical (unpaired) electrons. The van der Waals surface area contributed by atoms with Gasteiger partial charge in [0.15, 0.2) is 24.0 Å². The number of aliphatic hydroxyl groups is 1. The SMILES string of the molecule is O=c1n([C@@H]2CO[C@@H](CO)O2)cc(F)c2nc(-c3ccc([N+](=O)[O-])cc3)cn12. The summed E-state index contributed by atoms with van der Waals surface area (Å²) in [5, 5.41) is 19.8. The van der Waals surface area contributed by atoms with Gasteiger partial charge < -0.3 is 14.6 Å². The quantitative estimate of drug-likeness (QED) is 0.534. The van der Waals surface area contributed by atoms with E-state index in [-0.39, 0.29) is 30.2 Å². The number of nitro groups is 1. The highest BCUT2D eigenvalue weighted by Gasteiger charge is 2.29. The molecule has 3 heterocycles. The van der Waals surface area contributed by atoms with Crippen molar-refractivity contribution in [2.24, 2.45) is 0 Å². The molecule has 140 valence electrons. The van der Waals surface area contributed by atoms with Gasteiger partial charge in [-0.05, 0) is 12.1 Å². The molecule has 1 N–H and O–H groups in total. The first-order chi connectivity index (χ1) is 13.0. The number of aliphatic hydroxyl groups excluding tert-OH is 1. The topological polar surface area (TPSA) is 121 Å². The molecule has 0 saturated carbocycles. The van der Waals surface area contributed by atoms with Crippen molar-refractivity contribution in [3.05, 3.63) is 63.1 Å². The van der Waals surface area contributed by atoms with Gasteiger partial charge in [-0.2, -0.15) is 0 Å². The van der Waals surface area contributed by atoms with E-state index >= 15 is 0 Å². The molecule has 1 aliphatic rings. The van der Waals surface area contributed by atoms with Crippen molar-refractivity contribution in [2.45, 2.75) is 12.5 Å². The van der Waals surface area contributed by atoms with E-state index in [0.717, 1.165) is 15.2 Å². The van der Waals surface area contributed by atoms with Crippen molar-refractivity contribution in [3.63, 3.8) is 0 Å². The number of imidazole rings is 1. The molecule has 1 saturated heterocycles. The Labute approximate surface area is 150 Å². The lowest BCUT2D eigenvalue weighted by atomic mass is 10.1. The standard InChI is InChI=1S/C16H13FN4O6/c17-11-5-19(13-8-26-14(7-22)27-13)16(23)20-6-12(18-15(11)20)9-1-3-10(4-2-9)21(24)25/h1-6,13-14,22H,7-8H2/t13-,14+/m0/s1. The summed E-state index contributed by atoms with van der Waals surface area (Å²) in [7, 11) is 0. The Morgan fingerprint density at radius 1 is 1.33 bits per heavy atom. The fourth-order valence-corrected chi connectivity index (χ4v) is 2.84. The summed E-state index contributed by atoms with van der Waals surface area (Å²) in [6.45, 7) is -0.397. The van der Waals surface area contributed by atoms with Crippen LogP contribution in [-0.4, -0.2) is 43.5 Å². The van der Waals surface area contributed by atoms with E-state index in [1.54, 1.807) is 0 Å². The van der Waals surface area contributed by atoms with E-state index in [0.29, 0.717) is 5.56 Å². The minimum atomic E-state index is -0.876. The Kier molecular flexibility index (Phi) is 4.18. The molecule has 1 aromatic carbocycles. The molecule has 0 unspecified atom stereocenters. The molecule has 1 aliphatic heterocycles. The van der Waals surface area contributed by atoms with Gasteiger partial charge in [0.05, 0.1) is 30.0 Å². The lowest BCUT2D eigenvalue weighted by molar-refractivity contribution is -0.384. The Morgan fingerprint density at radius 3 is 2.70 bits per heavy atom. The monoisotopic (exact) mass is 376 g/mol.